The first-order chi connectivity index (χ1) is 14.6. The standard InChI is InChI=1S/C23H24N4O2S/c24-22(28)20-11-6-12-27(20)14-17-9-4-5-10-18(17)26-23(29)19-15-30-21(25-19)13-16-7-2-1-3-8-16/h1-5,7-10,15,20H,6,11-14H2,(H2,24,28)(H,26,29). The van der Waals surface area contributed by atoms with Crippen molar-refractivity contribution in [3.63, 3.8) is 0 Å². The summed E-state index contributed by atoms with van der Waals surface area (Å²) >= 11 is 1.49. The van der Waals surface area contributed by atoms with Gasteiger partial charge in [-0.1, -0.05) is 48.5 Å². The molecule has 2 heterocycles. The Labute approximate surface area is 179 Å². The Bertz CT molecular complexity index is 1030. The number of amides is 2. The Morgan fingerprint density at radius 3 is 2.70 bits per heavy atom. The van der Waals surface area contributed by atoms with Crippen LogP contribution in [0.2, 0.25) is 0 Å². The van der Waals surface area contributed by atoms with Crippen LogP contribution in [0.25, 0.3) is 0 Å². The Morgan fingerprint density at radius 1 is 1.13 bits per heavy atom. The van der Waals surface area contributed by atoms with Gasteiger partial charge >= 0.3 is 0 Å². The molecule has 0 aliphatic carbocycles. The van der Waals surface area contributed by atoms with E-state index in [0.717, 1.165) is 35.6 Å². The van der Waals surface area contributed by atoms with Crippen molar-refractivity contribution in [1.29, 1.82) is 0 Å². The zero-order valence-corrected chi connectivity index (χ0v) is 17.4. The predicted molar refractivity (Wildman–Crippen MR) is 118 cm³/mol. The van der Waals surface area contributed by atoms with Gasteiger partial charge in [0.05, 0.1) is 11.0 Å². The molecular formula is C23H24N4O2S. The van der Waals surface area contributed by atoms with Crippen molar-refractivity contribution in [2.24, 2.45) is 5.73 Å². The van der Waals surface area contributed by atoms with Gasteiger partial charge in [-0.2, -0.15) is 0 Å². The average molecular weight is 421 g/mol. The number of likely N-dealkylation sites (tertiary alicyclic amines) is 1. The molecule has 4 rings (SSSR count). The second-order valence-electron chi connectivity index (χ2n) is 7.43. The fraction of sp³-hybridized carbons (Fsp3) is 0.261. The number of carbonyl (C=O) groups excluding carboxylic acids is 2. The van der Waals surface area contributed by atoms with E-state index >= 15 is 0 Å². The van der Waals surface area contributed by atoms with Gasteiger partial charge in [-0.3, -0.25) is 14.5 Å². The van der Waals surface area contributed by atoms with Crippen molar-refractivity contribution in [2.45, 2.75) is 31.8 Å². The van der Waals surface area contributed by atoms with Crippen molar-refractivity contribution in [1.82, 2.24) is 9.88 Å². The predicted octanol–water partition coefficient (Wildman–Crippen LogP) is 3.44. The highest BCUT2D eigenvalue weighted by molar-refractivity contribution is 7.09. The Hall–Kier alpha value is -3.03. The average Bonchev–Trinajstić information content (AvgIpc) is 3.40. The highest BCUT2D eigenvalue weighted by atomic mass is 32.1. The number of nitrogens with zero attached hydrogens (tertiary/aromatic N) is 2. The van der Waals surface area contributed by atoms with Gasteiger partial charge in [0.1, 0.15) is 5.69 Å². The third kappa shape index (κ3) is 4.75. The number of aromatic nitrogens is 1. The third-order valence-corrected chi connectivity index (χ3v) is 6.16. The number of carbonyl (C=O) groups is 2. The van der Waals surface area contributed by atoms with Gasteiger partial charge in [-0.05, 0) is 36.6 Å². The minimum atomic E-state index is -0.289. The Balaban J connectivity index is 1.44. The molecule has 0 spiro atoms. The lowest BCUT2D eigenvalue weighted by Gasteiger charge is -2.23. The highest BCUT2D eigenvalue weighted by Gasteiger charge is 2.29. The first-order valence-corrected chi connectivity index (χ1v) is 10.9. The van der Waals surface area contributed by atoms with E-state index in [2.05, 4.69) is 27.3 Å². The van der Waals surface area contributed by atoms with Crippen molar-refractivity contribution < 1.29 is 9.59 Å². The molecule has 30 heavy (non-hydrogen) atoms. The second kappa shape index (κ2) is 9.19. The minimum Gasteiger partial charge on any atom is -0.368 e. The minimum absolute atomic E-state index is 0.231. The van der Waals surface area contributed by atoms with Crippen LogP contribution in [0.5, 0.6) is 0 Å². The molecule has 3 N–H and O–H groups in total. The summed E-state index contributed by atoms with van der Waals surface area (Å²) in [6.45, 7) is 1.39. The molecule has 7 heteroatoms. The summed E-state index contributed by atoms with van der Waals surface area (Å²) in [6.07, 6.45) is 2.44. The molecule has 1 aliphatic heterocycles. The summed E-state index contributed by atoms with van der Waals surface area (Å²) in [5, 5.41) is 5.68. The Kier molecular flexibility index (Phi) is 6.21. The zero-order valence-electron chi connectivity index (χ0n) is 16.6. The van der Waals surface area contributed by atoms with Crippen molar-refractivity contribution in [3.05, 3.63) is 81.8 Å². The number of rotatable bonds is 7. The molecular weight excluding hydrogens is 396 g/mol. The van der Waals surface area contributed by atoms with Crippen LogP contribution in [-0.4, -0.2) is 34.3 Å². The maximum atomic E-state index is 12.8. The van der Waals surface area contributed by atoms with Crippen LogP contribution in [0.1, 0.15) is 39.5 Å². The highest BCUT2D eigenvalue weighted by Crippen LogP contribution is 2.24. The van der Waals surface area contributed by atoms with E-state index in [1.54, 1.807) is 5.38 Å². The summed E-state index contributed by atoms with van der Waals surface area (Å²) in [6, 6.07) is 17.5. The largest absolute Gasteiger partial charge is 0.368 e. The van der Waals surface area contributed by atoms with Gasteiger partial charge in [-0.25, -0.2) is 4.98 Å². The smallest absolute Gasteiger partial charge is 0.275 e. The lowest BCUT2D eigenvalue weighted by atomic mass is 10.1. The van der Waals surface area contributed by atoms with Gasteiger partial charge < -0.3 is 11.1 Å². The van der Waals surface area contributed by atoms with Crippen LogP contribution in [0, 0.1) is 0 Å². The summed E-state index contributed by atoms with van der Waals surface area (Å²) in [5.41, 5.74) is 8.80. The van der Waals surface area contributed by atoms with Gasteiger partial charge in [0.15, 0.2) is 0 Å². The number of primary amides is 1. The molecule has 1 saturated heterocycles. The molecule has 0 saturated carbocycles. The molecule has 0 radical (unpaired) electrons. The number of thiazole rings is 1. The monoisotopic (exact) mass is 420 g/mol. The summed E-state index contributed by atoms with van der Waals surface area (Å²) in [7, 11) is 0. The van der Waals surface area contributed by atoms with E-state index < -0.39 is 0 Å². The van der Waals surface area contributed by atoms with Crippen LogP contribution < -0.4 is 11.1 Å². The molecule has 1 atom stereocenters. The number of nitrogens with one attached hydrogen (secondary N) is 1. The normalized spacial score (nSPS) is 16.5. The van der Waals surface area contributed by atoms with Gasteiger partial charge in [0, 0.05) is 24.0 Å². The quantitative estimate of drug-likeness (QED) is 0.613. The van der Waals surface area contributed by atoms with E-state index in [4.69, 9.17) is 5.73 Å². The molecule has 1 fully saturated rings. The molecule has 154 valence electrons. The Morgan fingerprint density at radius 2 is 1.90 bits per heavy atom. The van der Waals surface area contributed by atoms with E-state index in [-0.39, 0.29) is 17.9 Å². The number of hydrogen-bond acceptors (Lipinski definition) is 5. The number of anilines is 1. The molecule has 1 aromatic heterocycles. The van der Waals surface area contributed by atoms with Crippen LogP contribution in [0.4, 0.5) is 5.69 Å². The van der Waals surface area contributed by atoms with Gasteiger partial charge in [0.25, 0.3) is 5.91 Å². The number of para-hydroxylation sites is 1. The van der Waals surface area contributed by atoms with E-state index in [9.17, 15) is 9.59 Å². The molecule has 6 nitrogen and oxygen atoms in total. The summed E-state index contributed by atoms with van der Waals surface area (Å²) in [4.78, 5) is 31.1. The fourth-order valence-electron chi connectivity index (χ4n) is 3.79. The topological polar surface area (TPSA) is 88.3 Å². The molecule has 1 unspecified atom stereocenters. The number of nitrogens with two attached hydrogens (primary N) is 1. The van der Waals surface area contributed by atoms with Crippen LogP contribution >= 0.6 is 11.3 Å². The summed E-state index contributed by atoms with van der Waals surface area (Å²) in [5.74, 6) is -0.520. The summed E-state index contributed by atoms with van der Waals surface area (Å²) < 4.78 is 0. The molecule has 3 aromatic rings. The maximum Gasteiger partial charge on any atom is 0.275 e. The molecule has 0 bridgehead atoms. The lowest BCUT2D eigenvalue weighted by Crippen LogP contribution is -2.39. The van der Waals surface area contributed by atoms with Crippen molar-refractivity contribution >= 4 is 28.8 Å². The SMILES string of the molecule is NC(=O)C1CCCN1Cc1ccccc1NC(=O)c1csc(Cc2ccccc2)n1. The van der Waals surface area contributed by atoms with Crippen LogP contribution in [-0.2, 0) is 17.8 Å². The lowest BCUT2D eigenvalue weighted by molar-refractivity contribution is -0.122. The van der Waals surface area contributed by atoms with Gasteiger partial charge in [0.2, 0.25) is 5.91 Å². The van der Waals surface area contributed by atoms with Crippen molar-refractivity contribution in [2.75, 3.05) is 11.9 Å². The van der Waals surface area contributed by atoms with E-state index in [1.165, 1.54) is 16.9 Å². The van der Waals surface area contributed by atoms with Crippen LogP contribution in [0.15, 0.2) is 60.0 Å². The van der Waals surface area contributed by atoms with E-state index in [0.29, 0.717) is 18.7 Å². The zero-order chi connectivity index (χ0) is 20.9. The van der Waals surface area contributed by atoms with Gasteiger partial charge in [-0.15, -0.1) is 11.3 Å². The number of hydrogen-bond donors (Lipinski definition) is 2. The van der Waals surface area contributed by atoms with Crippen molar-refractivity contribution in [3.8, 4) is 0 Å². The first-order valence-electron chi connectivity index (χ1n) is 10.0. The maximum absolute atomic E-state index is 12.8. The van der Waals surface area contributed by atoms with Crippen LogP contribution in [0.3, 0.4) is 0 Å². The fourth-order valence-corrected chi connectivity index (χ4v) is 4.60. The first kappa shape index (κ1) is 20.3. The molecule has 2 aromatic carbocycles. The molecule has 1 aliphatic rings. The van der Waals surface area contributed by atoms with E-state index in [1.807, 2.05) is 42.5 Å². The molecule has 2 amide bonds. The second-order valence-corrected chi connectivity index (χ2v) is 8.37. The third-order valence-electron chi connectivity index (χ3n) is 5.31. The number of benzene rings is 2.